The molecule has 1 aromatic carbocycles. The summed E-state index contributed by atoms with van der Waals surface area (Å²) in [7, 11) is 1.72. The van der Waals surface area contributed by atoms with Crippen LogP contribution in [0.15, 0.2) is 30.3 Å². The first-order valence-corrected chi connectivity index (χ1v) is 9.24. The number of ether oxygens (including phenoxy) is 1. The van der Waals surface area contributed by atoms with Crippen molar-refractivity contribution in [3.63, 3.8) is 0 Å². The number of methoxy groups -OCH3 is 1. The van der Waals surface area contributed by atoms with Crippen LogP contribution in [0.4, 0.5) is 0 Å². The van der Waals surface area contributed by atoms with Gasteiger partial charge in [0.2, 0.25) is 11.8 Å². The van der Waals surface area contributed by atoms with Gasteiger partial charge in [-0.2, -0.15) is 0 Å². The molecule has 0 aliphatic carbocycles. The van der Waals surface area contributed by atoms with E-state index in [1.54, 1.807) is 12.0 Å². The number of benzene rings is 1. The number of amides is 2. The molecule has 1 atom stereocenters. The number of piperidine rings is 1. The minimum Gasteiger partial charge on any atom is -0.384 e. The Morgan fingerprint density at radius 2 is 1.88 bits per heavy atom. The monoisotopic (exact) mass is 344 g/mol. The van der Waals surface area contributed by atoms with Gasteiger partial charge >= 0.3 is 0 Å². The molecule has 5 heteroatoms. The zero-order valence-electron chi connectivity index (χ0n) is 15.0. The zero-order valence-corrected chi connectivity index (χ0v) is 15.0. The van der Waals surface area contributed by atoms with E-state index in [9.17, 15) is 9.59 Å². The van der Waals surface area contributed by atoms with Gasteiger partial charge < -0.3 is 14.5 Å². The van der Waals surface area contributed by atoms with E-state index in [-0.39, 0.29) is 18.4 Å². The number of hydrogen-bond acceptors (Lipinski definition) is 3. The van der Waals surface area contributed by atoms with Crippen LogP contribution in [0.1, 0.15) is 24.8 Å². The summed E-state index contributed by atoms with van der Waals surface area (Å²) in [4.78, 5) is 28.5. The molecule has 0 aromatic heterocycles. The largest absolute Gasteiger partial charge is 0.384 e. The Labute approximate surface area is 149 Å². The van der Waals surface area contributed by atoms with Crippen molar-refractivity contribution in [3.05, 3.63) is 35.9 Å². The first-order chi connectivity index (χ1) is 12.2. The lowest BCUT2D eigenvalue weighted by Gasteiger charge is -2.32. The fourth-order valence-corrected chi connectivity index (χ4v) is 3.94. The first-order valence-electron chi connectivity index (χ1n) is 9.24. The molecular weight excluding hydrogens is 316 g/mol. The number of nitrogens with zero attached hydrogens (tertiary/aromatic N) is 2. The average molecular weight is 344 g/mol. The summed E-state index contributed by atoms with van der Waals surface area (Å²) in [6.45, 7) is 3.26. The van der Waals surface area contributed by atoms with Gasteiger partial charge in [0.15, 0.2) is 0 Å². The third kappa shape index (κ3) is 4.82. The lowest BCUT2D eigenvalue weighted by atomic mass is 9.98. The van der Waals surface area contributed by atoms with Gasteiger partial charge in [0.1, 0.15) is 0 Å². The van der Waals surface area contributed by atoms with E-state index in [4.69, 9.17) is 4.74 Å². The molecule has 136 valence electrons. The average Bonchev–Trinajstić information content (AvgIpc) is 2.96. The smallest absolute Gasteiger partial charge is 0.242 e. The highest BCUT2D eigenvalue weighted by molar-refractivity contribution is 5.86. The highest BCUT2D eigenvalue weighted by Gasteiger charge is 2.32. The third-order valence-corrected chi connectivity index (χ3v) is 5.36. The molecule has 2 heterocycles. The summed E-state index contributed by atoms with van der Waals surface area (Å²) >= 11 is 0. The van der Waals surface area contributed by atoms with E-state index in [1.165, 1.54) is 5.56 Å². The maximum atomic E-state index is 12.5. The third-order valence-electron chi connectivity index (χ3n) is 5.36. The van der Waals surface area contributed by atoms with Crippen LogP contribution >= 0.6 is 0 Å². The predicted octanol–water partition coefficient (Wildman–Crippen LogP) is 1.96. The van der Waals surface area contributed by atoms with Gasteiger partial charge in [-0.25, -0.2) is 0 Å². The molecule has 2 fully saturated rings. The summed E-state index contributed by atoms with van der Waals surface area (Å²) in [5.74, 6) is 1.07. The summed E-state index contributed by atoms with van der Waals surface area (Å²) in [6.07, 6.45) is 3.44. The van der Waals surface area contributed by atoms with Gasteiger partial charge in [-0.1, -0.05) is 30.3 Å². The second-order valence-corrected chi connectivity index (χ2v) is 7.31. The Kier molecular flexibility index (Phi) is 6.08. The molecule has 25 heavy (non-hydrogen) atoms. The molecule has 2 amide bonds. The molecular formula is C20H28N2O3. The molecule has 0 saturated carbocycles. The van der Waals surface area contributed by atoms with Crippen LogP contribution in [0.25, 0.3) is 0 Å². The summed E-state index contributed by atoms with van der Waals surface area (Å²) in [6, 6.07) is 10.3. The van der Waals surface area contributed by atoms with Crippen molar-refractivity contribution in [1.82, 2.24) is 9.80 Å². The van der Waals surface area contributed by atoms with E-state index in [2.05, 4.69) is 12.1 Å². The molecule has 1 unspecified atom stereocenters. The van der Waals surface area contributed by atoms with Crippen molar-refractivity contribution in [2.75, 3.05) is 39.9 Å². The Hall–Kier alpha value is -1.88. The molecule has 2 saturated heterocycles. The summed E-state index contributed by atoms with van der Waals surface area (Å²) < 4.78 is 5.20. The Morgan fingerprint density at radius 1 is 1.16 bits per heavy atom. The minimum absolute atomic E-state index is 0.0876. The normalized spacial score (nSPS) is 21.8. The van der Waals surface area contributed by atoms with Crippen molar-refractivity contribution in [2.45, 2.75) is 25.7 Å². The molecule has 2 aliphatic heterocycles. The van der Waals surface area contributed by atoms with Crippen LogP contribution in [0.5, 0.6) is 0 Å². The molecule has 0 spiro atoms. The highest BCUT2D eigenvalue weighted by Crippen LogP contribution is 2.23. The molecule has 5 nitrogen and oxygen atoms in total. The number of carbonyl (C=O) groups excluding carboxylic acids is 2. The van der Waals surface area contributed by atoms with E-state index < -0.39 is 0 Å². The van der Waals surface area contributed by atoms with Crippen LogP contribution in [0, 0.1) is 11.8 Å². The van der Waals surface area contributed by atoms with Gasteiger partial charge in [0.25, 0.3) is 0 Å². The molecule has 1 aromatic rings. The summed E-state index contributed by atoms with van der Waals surface area (Å²) in [5, 5.41) is 0. The highest BCUT2D eigenvalue weighted by atomic mass is 16.5. The molecule has 0 radical (unpaired) electrons. The zero-order chi connectivity index (χ0) is 17.6. The topological polar surface area (TPSA) is 49.9 Å². The molecule has 0 bridgehead atoms. The SMILES string of the molecule is COCC1CCN(C(=O)CN2CC(Cc3ccccc3)CC2=O)CC1. The van der Waals surface area contributed by atoms with E-state index in [0.29, 0.717) is 24.8 Å². The lowest BCUT2D eigenvalue weighted by molar-refractivity contribution is -0.139. The van der Waals surface area contributed by atoms with Crippen LogP contribution in [0.2, 0.25) is 0 Å². The number of hydrogen-bond donors (Lipinski definition) is 0. The number of likely N-dealkylation sites (tertiary alicyclic amines) is 2. The van der Waals surface area contributed by atoms with Gasteiger partial charge in [0, 0.05) is 39.8 Å². The van der Waals surface area contributed by atoms with E-state index in [1.807, 2.05) is 23.1 Å². The van der Waals surface area contributed by atoms with E-state index >= 15 is 0 Å². The van der Waals surface area contributed by atoms with Gasteiger partial charge in [0.05, 0.1) is 6.54 Å². The Bertz CT molecular complexity index is 582. The molecule has 0 N–H and O–H groups in total. The molecule has 3 rings (SSSR count). The predicted molar refractivity (Wildman–Crippen MR) is 96.0 cm³/mol. The first kappa shape index (κ1) is 17.9. The van der Waals surface area contributed by atoms with Gasteiger partial charge in [-0.15, -0.1) is 0 Å². The maximum Gasteiger partial charge on any atom is 0.242 e. The fourth-order valence-electron chi connectivity index (χ4n) is 3.94. The van der Waals surface area contributed by atoms with Gasteiger partial charge in [-0.3, -0.25) is 9.59 Å². The van der Waals surface area contributed by atoms with Crippen molar-refractivity contribution in [1.29, 1.82) is 0 Å². The Morgan fingerprint density at radius 3 is 2.56 bits per heavy atom. The second-order valence-electron chi connectivity index (χ2n) is 7.31. The van der Waals surface area contributed by atoms with Crippen molar-refractivity contribution in [2.24, 2.45) is 11.8 Å². The standard InChI is InChI=1S/C20H28N2O3/c1-25-15-17-7-9-21(10-8-17)20(24)14-22-13-18(12-19(22)23)11-16-5-3-2-4-6-16/h2-6,17-18H,7-15H2,1H3. The van der Waals surface area contributed by atoms with Crippen LogP contribution in [0.3, 0.4) is 0 Å². The van der Waals surface area contributed by atoms with E-state index in [0.717, 1.165) is 39.0 Å². The number of rotatable bonds is 6. The minimum atomic E-state index is 0.0876. The second kappa shape index (κ2) is 8.48. The quantitative estimate of drug-likeness (QED) is 0.793. The Balaban J connectivity index is 1.46. The number of carbonyl (C=O) groups is 2. The lowest BCUT2D eigenvalue weighted by Crippen LogP contribution is -2.45. The van der Waals surface area contributed by atoms with Crippen molar-refractivity contribution >= 4 is 11.8 Å². The van der Waals surface area contributed by atoms with Crippen LogP contribution < -0.4 is 0 Å². The maximum absolute atomic E-state index is 12.5. The van der Waals surface area contributed by atoms with Crippen LogP contribution in [-0.2, 0) is 20.7 Å². The van der Waals surface area contributed by atoms with Crippen molar-refractivity contribution < 1.29 is 14.3 Å². The fraction of sp³-hybridized carbons (Fsp3) is 0.600. The summed E-state index contributed by atoms with van der Waals surface area (Å²) in [5.41, 5.74) is 1.26. The molecule has 2 aliphatic rings. The van der Waals surface area contributed by atoms with Gasteiger partial charge in [-0.05, 0) is 36.7 Å². The van der Waals surface area contributed by atoms with Crippen LogP contribution in [-0.4, -0.2) is 61.5 Å². The van der Waals surface area contributed by atoms with Crippen molar-refractivity contribution in [3.8, 4) is 0 Å².